The van der Waals surface area contributed by atoms with E-state index in [1.807, 2.05) is 33.2 Å². The molecular weight excluding hydrogens is 392 g/mol. The van der Waals surface area contributed by atoms with E-state index in [4.69, 9.17) is 11.6 Å². The second-order valence-corrected chi connectivity index (χ2v) is 7.17. The molecule has 4 aromatic rings. The Balaban J connectivity index is 0.00000109. The summed E-state index contributed by atoms with van der Waals surface area (Å²) in [5.74, 6) is 0.674. The summed E-state index contributed by atoms with van der Waals surface area (Å²) in [6.45, 7) is 5.99. The number of H-pyrrole nitrogens is 1. The lowest BCUT2D eigenvalue weighted by Crippen LogP contribution is -1.94. The van der Waals surface area contributed by atoms with Gasteiger partial charge in [-0.1, -0.05) is 25.4 Å². The van der Waals surface area contributed by atoms with Gasteiger partial charge in [-0.3, -0.25) is 10.1 Å². The van der Waals surface area contributed by atoms with Crippen molar-refractivity contribution in [3.8, 4) is 17.2 Å². The van der Waals surface area contributed by atoms with Gasteiger partial charge in [-0.25, -0.2) is 4.52 Å². The molecule has 6 nitrogen and oxygen atoms in total. The molecule has 142 valence electrons. The molecule has 28 heavy (non-hydrogen) atoms. The molecule has 0 saturated heterocycles. The van der Waals surface area contributed by atoms with Crippen molar-refractivity contribution in [3.05, 3.63) is 65.0 Å². The number of fused-ring (bicyclic) bond motifs is 1. The Kier molecular flexibility index (Phi) is 6.34. The Morgan fingerprint density at radius 3 is 2.71 bits per heavy atom. The first kappa shape index (κ1) is 19.9. The van der Waals surface area contributed by atoms with E-state index < -0.39 is 0 Å². The number of aromatic amines is 1. The maximum atomic E-state index is 9.42. The van der Waals surface area contributed by atoms with Crippen LogP contribution in [0.25, 0.3) is 16.6 Å². The van der Waals surface area contributed by atoms with Crippen molar-refractivity contribution in [3.63, 3.8) is 0 Å². The highest BCUT2D eigenvalue weighted by Gasteiger charge is 2.14. The van der Waals surface area contributed by atoms with Crippen molar-refractivity contribution in [1.29, 1.82) is 5.26 Å². The van der Waals surface area contributed by atoms with Crippen molar-refractivity contribution >= 4 is 28.9 Å². The summed E-state index contributed by atoms with van der Waals surface area (Å²) in [5.41, 5.74) is 5.36. The quantitative estimate of drug-likeness (QED) is 0.463. The van der Waals surface area contributed by atoms with Gasteiger partial charge < -0.3 is 0 Å². The van der Waals surface area contributed by atoms with Crippen LogP contribution in [-0.4, -0.2) is 24.8 Å². The summed E-state index contributed by atoms with van der Waals surface area (Å²) in [4.78, 5) is 5.07. The van der Waals surface area contributed by atoms with Crippen molar-refractivity contribution in [2.24, 2.45) is 0 Å². The highest BCUT2D eigenvalue weighted by Crippen LogP contribution is 2.34. The molecular formula is C20H19ClN6S. The second-order valence-electron chi connectivity index (χ2n) is 5.75. The van der Waals surface area contributed by atoms with E-state index in [1.54, 1.807) is 41.1 Å². The van der Waals surface area contributed by atoms with Gasteiger partial charge in [0.1, 0.15) is 6.07 Å². The van der Waals surface area contributed by atoms with Crippen LogP contribution in [0, 0.1) is 18.3 Å². The number of thioether (sulfide) groups is 1. The van der Waals surface area contributed by atoms with E-state index >= 15 is 0 Å². The summed E-state index contributed by atoms with van der Waals surface area (Å²) in [6.07, 6.45) is 10.5. The number of aromatic nitrogens is 5. The number of nitrogens with one attached hydrogen (secondary N) is 1. The summed E-state index contributed by atoms with van der Waals surface area (Å²) in [7, 11) is 0. The van der Waals surface area contributed by atoms with E-state index in [9.17, 15) is 5.26 Å². The average molecular weight is 411 g/mol. The number of hydrogen-bond donors (Lipinski definition) is 1. The molecule has 0 aliphatic heterocycles. The van der Waals surface area contributed by atoms with Crippen LogP contribution in [0.5, 0.6) is 0 Å². The van der Waals surface area contributed by atoms with Crippen LogP contribution < -0.4 is 0 Å². The number of rotatable bonds is 4. The van der Waals surface area contributed by atoms with E-state index in [1.165, 1.54) is 0 Å². The SMILES string of the molecule is CC.Cc1cncc(Cl)c1CSc1cc(-c2cn[nH]c2)cn2ncc(C#N)c12. The molecule has 0 saturated carbocycles. The lowest BCUT2D eigenvalue weighted by molar-refractivity contribution is 0.951. The molecule has 0 amide bonds. The molecule has 0 radical (unpaired) electrons. The fourth-order valence-corrected chi connectivity index (χ4v) is 4.32. The smallest absolute Gasteiger partial charge is 0.103 e. The van der Waals surface area contributed by atoms with Crippen molar-refractivity contribution in [1.82, 2.24) is 24.8 Å². The molecule has 4 heterocycles. The maximum absolute atomic E-state index is 9.42. The zero-order valence-electron chi connectivity index (χ0n) is 15.8. The number of aryl methyl sites for hydroxylation is 1. The molecule has 0 unspecified atom stereocenters. The van der Waals surface area contributed by atoms with Gasteiger partial charge in [-0.05, 0) is 24.1 Å². The molecule has 0 aliphatic carbocycles. The lowest BCUT2D eigenvalue weighted by Gasteiger charge is -2.10. The van der Waals surface area contributed by atoms with Gasteiger partial charge in [-0.15, -0.1) is 11.8 Å². The van der Waals surface area contributed by atoms with Gasteiger partial charge in [0, 0.05) is 46.6 Å². The zero-order chi connectivity index (χ0) is 20.1. The molecule has 0 spiro atoms. The Labute approximate surface area is 172 Å². The van der Waals surface area contributed by atoms with Crippen molar-refractivity contribution in [2.45, 2.75) is 31.4 Å². The fraction of sp³-hybridized carbons (Fsp3) is 0.200. The minimum Gasteiger partial charge on any atom is -0.285 e. The van der Waals surface area contributed by atoms with Gasteiger partial charge in [-0.2, -0.15) is 15.5 Å². The van der Waals surface area contributed by atoms with Crippen molar-refractivity contribution in [2.75, 3.05) is 0 Å². The van der Waals surface area contributed by atoms with Crippen molar-refractivity contribution < 1.29 is 0 Å². The zero-order valence-corrected chi connectivity index (χ0v) is 17.3. The largest absolute Gasteiger partial charge is 0.285 e. The molecule has 1 N–H and O–H groups in total. The molecule has 0 aliphatic rings. The number of nitrogens with zero attached hydrogens (tertiary/aromatic N) is 5. The van der Waals surface area contributed by atoms with Crippen LogP contribution in [0.3, 0.4) is 0 Å². The van der Waals surface area contributed by atoms with Gasteiger partial charge in [0.05, 0.1) is 28.5 Å². The van der Waals surface area contributed by atoms with E-state index in [0.717, 1.165) is 32.7 Å². The predicted molar refractivity (Wildman–Crippen MR) is 112 cm³/mol. The lowest BCUT2D eigenvalue weighted by atomic mass is 10.1. The monoisotopic (exact) mass is 410 g/mol. The number of halogens is 1. The van der Waals surface area contributed by atoms with Crippen LogP contribution in [0.1, 0.15) is 30.5 Å². The summed E-state index contributed by atoms with van der Waals surface area (Å²) < 4.78 is 1.74. The summed E-state index contributed by atoms with van der Waals surface area (Å²) in [6, 6.07) is 4.27. The van der Waals surface area contributed by atoms with E-state index in [-0.39, 0.29) is 0 Å². The van der Waals surface area contributed by atoms with Gasteiger partial charge in [0.25, 0.3) is 0 Å². The Morgan fingerprint density at radius 1 is 1.21 bits per heavy atom. The molecule has 4 aromatic heterocycles. The molecule has 0 bridgehead atoms. The number of pyridine rings is 2. The van der Waals surface area contributed by atoms with Crippen LogP contribution in [0.15, 0.2) is 48.1 Å². The Morgan fingerprint density at radius 2 is 2.04 bits per heavy atom. The molecule has 0 aromatic carbocycles. The maximum Gasteiger partial charge on any atom is 0.103 e. The predicted octanol–water partition coefficient (Wildman–Crippen LogP) is 5.27. The third kappa shape index (κ3) is 3.88. The summed E-state index contributed by atoms with van der Waals surface area (Å²) in [5, 5.41) is 21.2. The van der Waals surface area contributed by atoms with Gasteiger partial charge in [0.2, 0.25) is 0 Å². The van der Waals surface area contributed by atoms with Crippen LogP contribution in [-0.2, 0) is 5.75 Å². The normalized spacial score (nSPS) is 10.4. The fourth-order valence-electron chi connectivity index (χ4n) is 2.73. The first-order valence-electron chi connectivity index (χ1n) is 8.80. The molecule has 8 heteroatoms. The minimum atomic E-state index is 0.545. The molecule has 0 atom stereocenters. The third-order valence-electron chi connectivity index (χ3n) is 4.12. The van der Waals surface area contributed by atoms with Crippen LogP contribution in [0.2, 0.25) is 5.02 Å². The number of nitriles is 1. The minimum absolute atomic E-state index is 0.545. The first-order chi connectivity index (χ1) is 13.7. The molecule has 0 fully saturated rings. The second kappa shape index (κ2) is 8.91. The van der Waals surface area contributed by atoms with Gasteiger partial charge in [0.15, 0.2) is 0 Å². The topological polar surface area (TPSA) is 82.7 Å². The van der Waals surface area contributed by atoms with E-state index in [2.05, 4.69) is 32.4 Å². The van der Waals surface area contributed by atoms with Crippen LogP contribution in [0.4, 0.5) is 0 Å². The van der Waals surface area contributed by atoms with Crippen LogP contribution >= 0.6 is 23.4 Å². The third-order valence-corrected chi connectivity index (χ3v) is 5.50. The summed E-state index contributed by atoms with van der Waals surface area (Å²) >= 11 is 7.93. The highest BCUT2D eigenvalue weighted by molar-refractivity contribution is 7.98. The van der Waals surface area contributed by atoms with E-state index in [0.29, 0.717) is 16.3 Å². The Bertz CT molecular complexity index is 1110. The standard InChI is InChI=1S/C18H13ClN6S.C2H6/c1-11-4-21-8-16(19)15(11)10-26-17-2-12(14-5-22-23-6-14)9-25-18(17)13(3-20)7-24-25;1-2/h2,4-9H,10H2,1H3,(H,22,23);1-2H3. The highest BCUT2D eigenvalue weighted by atomic mass is 35.5. The number of hydrogen-bond acceptors (Lipinski definition) is 5. The van der Waals surface area contributed by atoms with Gasteiger partial charge >= 0.3 is 0 Å². The Hall–Kier alpha value is -2.82. The molecule has 4 rings (SSSR count). The first-order valence-corrected chi connectivity index (χ1v) is 10.2. The average Bonchev–Trinajstić information content (AvgIpc) is 3.38.